The molecule has 2 fully saturated rings. The summed E-state index contributed by atoms with van der Waals surface area (Å²) in [4.78, 5) is 15.6. The number of thiocarbonyl (C=S) groups is 1. The van der Waals surface area contributed by atoms with Crippen molar-refractivity contribution < 1.29 is 28.0 Å². The van der Waals surface area contributed by atoms with Crippen LogP contribution in [0.1, 0.15) is 0 Å². The Hall–Kier alpha value is -3.72. The van der Waals surface area contributed by atoms with Gasteiger partial charge in [0.1, 0.15) is 5.39 Å². The van der Waals surface area contributed by atoms with Crippen molar-refractivity contribution in [2.24, 2.45) is 0 Å². The van der Waals surface area contributed by atoms with Crippen molar-refractivity contribution in [3.05, 3.63) is 42.7 Å². The zero-order valence-electron chi connectivity index (χ0n) is 21.9. The van der Waals surface area contributed by atoms with E-state index in [1.165, 1.54) is 11.4 Å². The first kappa shape index (κ1) is 26.5. The molecule has 14 heteroatoms. The van der Waals surface area contributed by atoms with Gasteiger partial charge in [-0.05, 0) is 42.5 Å². The number of piperazine rings is 1. The fourth-order valence-electron chi connectivity index (χ4n) is 5.16. The third-order valence-electron chi connectivity index (χ3n) is 7.31. The number of sulfonamides is 1. The molecular weight excluding hydrogens is 554 g/mol. The van der Waals surface area contributed by atoms with E-state index in [2.05, 4.69) is 30.1 Å². The summed E-state index contributed by atoms with van der Waals surface area (Å²) in [5, 5.41) is 15.9. The summed E-state index contributed by atoms with van der Waals surface area (Å²) >= 11 is 5.68. The second kappa shape index (κ2) is 10.7. The van der Waals surface area contributed by atoms with Crippen LogP contribution >= 0.6 is 12.2 Å². The van der Waals surface area contributed by atoms with E-state index in [1.54, 1.807) is 36.7 Å². The zero-order chi connectivity index (χ0) is 27.9. The Morgan fingerprint density at radius 2 is 1.85 bits per heavy atom. The van der Waals surface area contributed by atoms with Crippen LogP contribution in [0.3, 0.4) is 0 Å². The van der Waals surface area contributed by atoms with E-state index in [9.17, 15) is 13.5 Å². The lowest BCUT2D eigenvalue weighted by Crippen LogP contribution is -2.51. The van der Waals surface area contributed by atoms with Crippen LogP contribution in [-0.4, -0.2) is 97.4 Å². The molecule has 2 saturated heterocycles. The maximum absolute atomic E-state index is 12.9. The number of morpholine rings is 1. The minimum Gasteiger partial charge on any atom is -0.504 e. The van der Waals surface area contributed by atoms with E-state index in [1.807, 2.05) is 6.07 Å². The highest BCUT2D eigenvalue weighted by Gasteiger charge is 2.28. The third-order valence-corrected chi connectivity index (χ3v) is 9.58. The van der Waals surface area contributed by atoms with Gasteiger partial charge in [-0.15, -0.1) is 0 Å². The average Bonchev–Trinajstić information content (AvgIpc) is 3.34. The van der Waals surface area contributed by atoms with E-state index in [-0.39, 0.29) is 10.6 Å². The monoisotopic (exact) mass is 584 g/mol. The van der Waals surface area contributed by atoms with Gasteiger partial charge in [-0.2, -0.15) is 4.31 Å². The maximum atomic E-state index is 12.9. The Morgan fingerprint density at radius 3 is 2.55 bits per heavy atom. The highest BCUT2D eigenvalue weighted by Crippen LogP contribution is 2.37. The van der Waals surface area contributed by atoms with Crippen molar-refractivity contribution in [1.82, 2.24) is 19.2 Å². The molecule has 0 amide bonds. The molecule has 6 rings (SSSR count). The number of aromatic nitrogens is 3. The molecule has 2 aromatic carbocycles. The fraction of sp³-hybridized carbons (Fsp3) is 0.346. The van der Waals surface area contributed by atoms with Crippen LogP contribution < -0.4 is 19.9 Å². The Kier molecular flexibility index (Phi) is 7.08. The molecule has 40 heavy (non-hydrogen) atoms. The quantitative estimate of drug-likeness (QED) is 0.298. The third kappa shape index (κ3) is 4.87. The number of nitrogens with one attached hydrogen (secondary N) is 3. The van der Waals surface area contributed by atoms with E-state index in [0.29, 0.717) is 50.3 Å². The van der Waals surface area contributed by atoms with Crippen LogP contribution in [0, 0.1) is 0 Å². The number of rotatable bonds is 5. The number of methoxy groups -OCH3 is 1. The molecule has 2 aromatic heterocycles. The van der Waals surface area contributed by atoms with Crippen molar-refractivity contribution in [3.63, 3.8) is 0 Å². The molecule has 4 heterocycles. The van der Waals surface area contributed by atoms with Crippen LogP contribution in [0.5, 0.6) is 11.5 Å². The minimum absolute atomic E-state index is 0.0649. The van der Waals surface area contributed by atoms with Gasteiger partial charge < -0.3 is 29.8 Å². The fourth-order valence-corrected chi connectivity index (χ4v) is 6.87. The van der Waals surface area contributed by atoms with Crippen molar-refractivity contribution in [2.75, 3.05) is 69.8 Å². The van der Waals surface area contributed by atoms with Gasteiger partial charge in [0.15, 0.2) is 16.6 Å². The summed E-state index contributed by atoms with van der Waals surface area (Å²) in [6, 6.07) is 10.1. The Balaban J connectivity index is 1.13. The van der Waals surface area contributed by atoms with Gasteiger partial charge in [-0.3, -0.25) is 4.90 Å². The number of fused-ring (bicyclic) bond motifs is 3. The number of H-pyrrole nitrogens is 2. The number of anilines is 2. The largest absolute Gasteiger partial charge is 0.504 e. The first-order valence-corrected chi connectivity index (χ1v) is 14.8. The predicted molar refractivity (Wildman–Crippen MR) is 154 cm³/mol. The lowest BCUT2D eigenvalue weighted by Gasteiger charge is -2.34. The second-order valence-corrected chi connectivity index (χ2v) is 11.9. The van der Waals surface area contributed by atoms with E-state index in [4.69, 9.17) is 21.7 Å². The topological polar surface area (TPSA) is 137 Å². The normalized spacial score (nSPS) is 16.9. The van der Waals surface area contributed by atoms with Gasteiger partial charge >= 0.3 is 0 Å². The molecule has 0 atom stereocenters. The number of hydrogen-bond acceptors (Lipinski definition) is 8. The van der Waals surface area contributed by atoms with Crippen molar-refractivity contribution in [3.8, 4) is 11.5 Å². The second-order valence-electron chi connectivity index (χ2n) is 9.61. The number of benzene rings is 2. The highest BCUT2D eigenvalue weighted by molar-refractivity contribution is 7.89. The number of aromatic hydroxyl groups is 1. The van der Waals surface area contributed by atoms with Gasteiger partial charge in [0.05, 0.1) is 56.9 Å². The van der Waals surface area contributed by atoms with Crippen molar-refractivity contribution in [1.29, 1.82) is 0 Å². The number of nitrogens with zero attached hydrogens (tertiary/aromatic N) is 4. The van der Waals surface area contributed by atoms with Crippen LogP contribution in [0.4, 0.5) is 11.5 Å². The molecule has 0 spiro atoms. The molecule has 0 aliphatic carbocycles. The number of phenols is 1. The number of hydrogen-bond donors (Lipinski definition) is 3. The molecule has 2 aliphatic rings. The molecule has 210 valence electrons. The van der Waals surface area contributed by atoms with E-state index < -0.39 is 10.0 Å². The molecule has 4 aromatic rings. The van der Waals surface area contributed by atoms with Crippen LogP contribution in [0.25, 0.3) is 21.9 Å². The van der Waals surface area contributed by atoms with Crippen LogP contribution in [0.2, 0.25) is 0 Å². The number of aromatic amines is 2. The predicted octanol–water partition coefficient (Wildman–Crippen LogP) is 1.78. The summed E-state index contributed by atoms with van der Waals surface area (Å²) in [6.45, 7) is 4.36. The van der Waals surface area contributed by atoms with Gasteiger partial charge in [0.25, 0.3) is 0 Å². The van der Waals surface area contributed by atoms with Gasteiger partial charge in [0.2, 0.25) is 27.8 Å². The Bertz CT molecular complexity index is 1660. The summed E-state index contributed by atoms with van der Waals surface area (Å²) < 4.78 is 37.8. The summed E-state index contributed by atoms with van der Waals surface area (Å²) in [5.74, 6) is 1.39. The van der Waals surface area contributed by atoms with Gasteiger partial charge in [0, 0.05) is 30.2 Å². The molecule has 0 unspecified atom stereocenters. The Morgan fingerprint density at radius 1 is 1.12 bits per heavy atom. The smallest absolute Gasteiger partial charge is 0.243 e. The zero-order valence-corrected chi connectivity index (χ0v) is 23.5. The van der Waals surface area contributed by atoms with Crippen LogP contribution in [-0.2, 0) is 14.8 Å². The molecule has 0 saturated carbocycles. The summed E-state index contributed by atoms with van der Waals surface area (Å²) in [6.07, 6.45) is 1.66. The molecule has 12 nitrogen and oxygen atoms in total. The van der Waals surface area contributed by atoms with E-state index in [0.717, 1.165) is 46.5 Å². The first-order chi connectivity index (χ1) is 19.3. The lowest BCUT2D eigenvalue weighted by molar-refractivity contribution is -0.367. The number of phenolic OH excluding ortho intramolecular Hbond substituents is 1. The molecular formula is C26H30N7O5S2+. The summed E-state index contributed by atoms with van der Waals surface area (Å²) in [5.41, 5.74) is 2.22. The summed E-state index contributed by atoms with van der Waals surface area (Å²) in [7, 11) is -2.02. The number of ether oxygens (including phenoxy) is 2. The van der Waals surface area contributed by atoms with Crippen molar-refractivity contribution in [2.45, 2.75) is 4.90 Å². The SMILES string of the molecule is COc1cc2c(cc1O)[nH]c1nc[nH+]c(N3CCN(C(=S)Nc4ccc(S(=O)(=O)N5CCOCC5)cc4)CC3)c12. The standard InChI is InChI=1S/C26H29N7O5S2/c1-37-22-14-19-20(15-21(22)34)30-24-23(19)25(28-16-27-24)31-6-8-32(9-7-31)26(39)29-17-2-4-18(5-3-17)40(35,36)33-10-12-38-13-11-33/h2-5,14-16,34H,6-13H2,1H3,(H,29,39)(H,27,28,30)/p+1. The van der Waals surface area contributed by atoms with Gasteiger partial charge in [-0.25, -0.2) is 13.4 Å². The van der Waals surface area contributed by atoms with E-state index >= 15 is 0 Å². The molecule has 0 bridgehead atoms. The maximum Gasteiger partial charge on any atom is 0.243 e. The minimum atomic E-state index is -3.54. The molecule has 4 N–H and O–H groups in total. The molecule has 0 radical (unpaired) electrons. The van der Waals surface area contributed by atoms with Crippen molar-refractivity contribution >= 4 is 60.8 Å². The van der Waals surface area contributed by atoms with Crippen LogP contribution in [0.15, 0.2) is 47.6 Å². The Labute approximate surface area is 236 Å². The average molecular weight is 585 g/mol. The first-order valence-electron chi connectivity index (χ1n) is 12.9. The molecule has 2 aliphatic heterocycles. The van der Waals surface area contributed by atoms with Gasteiger partial charge in [-0.1, -0.05) is 4.98 Å². The lowest BCUT2D eigenvalue weighted by atomic mass is 10.1. The highest BCUT2D eigenvalue weighted by atomic mass is 32.2.